The lowest BCUT2D eigenvalue weighted by molar-refractivity contribution is 0.0940. The fourth-order valence-electron chi connectivity index (χ4n) is 2.69. The van der Waals surface area contributed by atoms with Crippen molar-refractivity contribution in [3.05, 3.63) is 81.5 Å². The molecule has 0 atom stereocenters. The maximum atomic E-state index is 12.7. The molecule has 0 bridgehead atoms. The number of carbonyl (C=O) groups excluding carboxylic acids is 2. The van der Waals surface area contributed by atoms with Gasteiger partial charge in [0.2, 0.25) is 5.78 Å². The molecule has 0 saturated carbocycles. The van der Waals surface area contributed by atoms with Gasteiger partial charge < -0.3 is 14.8 Å². The zero-order chi connectivity index (χ0) is 19.2. The fraction of sp³-hybridized carbons (Fsp3) is 0.143. The van der Waals surface area contributed by atoms with E-state index in [-0.39, 0.29) is 18.2 Å². The number of rotatable bonds is 7. The predicted molar refractivity (Wildman–Crippen MR) is 105 cm³/mol. The smallest absolute Gasteiger partial charge is 0.252 e. The van der Waals surface area contributed by atoms with Crippen LogP contribution >= 0.6 is 11.3 Å². The van der Waals surface area contributed by atoms with Crippen molar-refractivity contribution >= 4 is 23.0 Å². The van der Waals surface area contributed by atoms with E-state index >= 15 is 0 Å². The highest BCUT2D eigenvalue weighted by molar-refractivity contribution is 7.12. The average molecular weight is 381 g/mol. The van der Waals surface area contributed by atoms with Crippen molar-refractivity contribution in [2.24, 2.45) is 0 Å². The van der Waals surface area contributed by atoms with Crippen molar-refractivity contribution in [2.75, 3.05) is 14.2 Å². The first-order chi connectivity index (χ1) is 13.1. The Morgan fingerprint density at radius 3 is 2.41 bits per heavy atom. The Kier molecular flexibility index (Phi) is 5.88. The minimum atomic E-state index is -0.312. The van der Waals surface area contributed by atoms with Gasteiger partial charge in [-0.3, -0.25) is 9.59 Å². The second kappa shape index (κ2) is 8.51. The third kappa shape index (κ3) is 4.17. The molecule has 1 amide bonds. The first-order valence-electron chi connectivity index (χ1n) is 8.30. The van der Waals surface area contributed by atoms with E-state index in [1.807, 2.05) is 17.5 Å². The van der Waals surface area contributed by atoms with Crippen molar-refractivity contribution in [1.82, 2.24) is 5.32 Å². The van der Waals surface area contributed by atoms with Crippen LogP contribution in [-0.2, 0) is 6.54 Å². The van der Waals surface area contributed by atoms with Gasteiger partial charge in [-0.2, -0.15) is 0 Å². The van der Waals surface area contributed by atoms with Crippen LogP contribution in [0.5, 0.6) is 11.5 Å². The summed E-state index contributed by atoms with van der Waals surface area (Å²) < 4.78 is 10.5. The maximum Gasteiger partial charge on any atom is 0.252 e. The number of carbonyl (C=O) groups is 2. The Balaban J connectivity index is 1.79. The molecule has 0 aliphatic heterocycles. The second-order valence-electron chi connectivity index (χ2n) is 5.71. The molecule has 0 saturated heterocycles. The molecule has 0 radical (unpaired) electrons. The molecule has 0 fully saturated rings. The molecule has 27 heavy (non-hydrogen) atoms. The Hall–Kier alpha value is -3.12. The molecule has 0 spiro atoms. The summed E-state index contributed by atoms with van der Waals surface area (Å²) in [5, 5.41) is 4.70. The Morgan fingerprint density at radius 1 is 0.963 bits per heavy atom. The number of methoxy groups -OCH3 is 2. The molecular weight excluding hydrogens is 362 g/mol. The van der Waals surface area contributed by atoms with Crippen LogP contribution in [0.15, 0.2) is 60.0 Å². The van der Waals surface area contributed by atoms with Crippen LogP contribution in [0, 0.1) is 0 Å². The van der Waals surface area contributed by atoms with Crippen LogP contribution in [0.2, 0.25) is 0 Å². The summed E-state index contributed by atoms with van der Waals surface area (Å²) in [6.07, 6.45) is 0. The Labute approximate surface area is 161 Å². The summed E-state index contributed by atoms with van der Waals surface area (Å²) in [6.45, 7) is 0.271. The van der Waals surface area contributed by atoms with Gasteiger partial charge in [0.05, 0.1) is 24.7 Å². The first kappa shape index (κ1) is 18.7. The van der Waals surface area contributed by atoms with Crippen LogP contribution in [0.4, 0.5) is 0 Å². The molecule has 0 aliphatic rings. The number of thiophene rings is 1. The largest absolute Gasteiger partial charge is 0.497 e. The van der Waals surface area contributed by atoms with E-state index in [1.54, 1.807) is 56.7 Å². The normalized spacial score (nSPS) is 10.3. The van der Waals surface area contributed by atoms with Gasteiger partial charge in [0.25, 0.3) is 5.91 Å². The summed E-state index contributed by atoms with van der Waals surface area (Å²) in [5.74, 6) is 0.831. The number of hydrogen-bond acceptors (Lipinski definition) is 5. The van der Waals surface area contributed by atoms with Gasteiger partial charge in [-0.15, -0.1) is 11.3 Å². The lowest BCUT2D eigenvalue weighted by atomic mass is 10.0. The number of ether oxygens (including phenoxy) is 2. The van der Waals surface area contributed by atoms with Gasteiger partial charge in [-0.05, 0) is 29.6 Å². The maximum absolute atomic E-state index is 12.7. The quantitative estimate of drug-likeness (QED) is 0.630. The van der Waals surface area contributed by atoms with Crippen molar-refractivity contribution in [3.63, 3.8) is 0 Å². The summed E-state index contributed by atoms with van der Waals surface area (Å²) in [6, 6.07) is 15.8. The summed E-state index contributed by atoms with van der Waals surface area (Å²) in [5.41, 5.74) is 1.55. The third-order valence-corrected chi connectivity index (χ3v) is 4.96. The second-order valence-corrected chi connectivity index (χ2v) is 6.66. The molecule has 3 aromatic rings. The van der Waals surface area contributed by atoms with E-state index in [0.29, 0.717) is 27.5 Å². The minimum Gasteiger partial charge on any atom is -0.497 e. The lowest BCUT2D eigenvalue weighted by Crippen LogP contribution is -2.25. The zero-order valence-corrected chi connectivity index (χ0v) is 15.8. The van der Waals surface area contributed by atoms with Gasteiger partial charge in [0.15, 0.2) is 0 Å². The molecule has 1 N–H and O–H groups in total. The van der Waals surface area contributed by atoms with Gasteiger partial charge in [-0.1, -0.05) is 24.3 Å². The van der Waals surface area contributed by atoms with Gasteiger partial charge in [-0.25, -0.2) is 0 Å². The van der Waals surface area contributed by atoms with E-state index in [4.69, 9.17) is 9.47 Å². The third-order valence-electron chi connectivity index (χ3n) is 4.09. The number of hydrogen-bond donors (Lipinski definition) is 1. The van der Waals surface area contributed by atoms with Crippen LogP contribution in [0.25, 0.3) is 0 Å². The van der Waals surface area contributed by atoms with Gasteiger partial charge in [0, 0.05) is 23.7 Å². The highest BCUT2D eigenvalue weighted by Gasteiger charge is 2.18. The van der Waals surface area contributed by atoms with Gasteiger partial charge in [0.1, 0.15) is 11.5 Å². The number of ketones is 1. The fourth-order valence-corrected chi connectivity index (χ4v) is 3.37. The van der Waals surface area contributed by atoms with E-state index in [0.717, 1.165) is 5.56 Å². The predicted octanol–water partition coefficient (Wildman–Crippen LogP) is 3.93. The van der Waals surface area contributed by atoms with Crippen molar-refractivity contribution in [3.8, 4) is 11.5 Å². The first-order valence-corrected chi connectivity index (χ1v) is 9.18. The minimum absolute atomic E-state index is 0.155. The van der Waals surface area contributed by atoms with Crippen LogP contribution < -0.4 is 14.8 Å². The average Bonchev–Trinajstić information content (AvgIpc) is 3.26. The van der Waals surface area contributed by atoms with Crippen molar-refractivity contribution < 1.29 is 19.1 Å². The number of benzene rings is 2. The zero-order valence-electron chi connectivity index (χ0n) is 15.0. The highest BCUT2D eigenvalue weighted by atomic mass is 32.1. The van der Waals surface area contributed by atoms with E-state index in [1.165, 1.54) is 11.3 Å². The lowest BCUT2D eigenvalue weighted by Gasteiger charge is -2.12. The van der Waals surface area contributed by atoms with E-state index in [9.17, 15) is 9.59 Å². The Morgan fingerprint density at radius 2 is 1.74 bits per heavy atom. The molecule has 2 aromatic carbocycles. The number of nitrogens with one attached hydrogen (secondary N) is 1. The molecule has 1 heterocycles. The van der Waals surface area contributed by atoms with E-state index < -0.39 is 0 Å². The molecule has 6 heteroatoms. The molecule has 0 aliphatic carbocycles. The van der Waals surface area contributed by atoms with Crippen LogP contribution in [0.3, 0.4) is 0 Å². The molecule has 1 aromatic heterocycles. The molecule has 3 rings (SSSR count). The number of amides is 1. The van der Waals surface area contributed by atoms with E-state index in [2.05, 4.69) is 5.32 Å². The standard InChI is InChI=1S/C21H19NO4S/c1-25-15-10-9-14(18(12-15)26-2)13-22-21(24)17-7-4-3-6-16(17)20(23)19-8-5-11-27-19/h3-12H,13H2,1-2H3,(H,22,24). The topological polar surface area (TPSA) is 64.6 Å². The van der Waals surface area contributed by atoms with Crippen molar-refractivity contribution in [2.45, 2.75) is 6.54 Å². The summed E-state index contributed by atoms with van der Waals surface area (Å²) >= 11 is 1.36. The molecule has 5 nitrogen and oxygen atoms in total. The summed E-state index contributed by atoms with van der Waals surface area (Å²) in [4.78, 5) is 26.0. The Bertz CT molecular complexity index is 951. The summed E-state index contributed by atoms with van der Waals surface area (Å²) in [7, 11) is 3.15. The molecule has 138 valence electrons. The van der Waals surface area contributed by atoms with Crippen molar-refractivity contribution in [1.29, 1.82) is 0 Å². The molecule has 0 unspecified atom stereocenters. The monoisotopic (exact) mass is 381 g/mol. The van der Waals surface area contributed by atoms with Crippen LogP contribution in [0.1, 0.15) is 31.2 Å². The SMILES string of the molecule is COc1ccc(CNC(=O)c2ccccc2C(=O)c2cccs2)c(OC)c1. The molecular formula is C21H19NO4S. The van der Waals surface area contributed by atoms with Gasteiger partial charge >= 0.3 is 0 Å². The van der Waals surface area contributed by atoms with Crippen LogP contribution in [-0.4, -0.2) is 25.9 Å². The highest BCUT2D eigenvalue weighted by Crippen LogP contribution is 2.24.